The molecule has 0 aliphatic carbocycles. The molecule has 0 N–H and O–H groups in total. The number of benzene rings is 2. The monoisotopic (exact) mass is 355 g/mol. The molecule has 0 saturated carbocycles. The Kier molecular flexibility index (Phi) is 6.04. The van der Waals surface area contributed by atoms with Gasteiger partial charge in [0.2, 0.25) is 0 Å². The number of rotatable bonds is 7. The molecule has 0 unspecified atom stereocenters. The molecule has 0 spiro atoms. The number of carbonyl (C=O) groups is 1. The number of methoxy groups -OCH3 is 1. The van der Waals surface area contributed by atoms with Crippen LogP contribution in [0.25, 0.3) is 0 Å². The Hall–Kier alpha value is -2.21. The highest BCUT2D eigenvalue weighted by Crippen LogP contribution is 2.37. The Morgan fingerprint density at radius 3 is 2.31 bits per heavy atom. The van der Waals surface area contributed by atoms with Gasteiger partial charge in [0.05, 0.1) is 13.7 Å². The van der Waals surface area contributed by atoms with Crippen molar-refractivity contribution in [1.82, 2.24) is 5.06 Å². The Labute approximate surface area is 154 Å². The fourth-order valence-corrected chi connectivity index (χ4v) is 3.41. The lowest BCUT2D eigenvalue weighted by atomic mass is 9.87. The number of hydrogen-bond acceptors (Lipinski definition) is 5. The summed E-state index contributed by atoms with van der Waals surface area (Å²) in [6.45, 7) is 2.92. The minimum Gasteiger partial charge on any atom is -0.468 e. The van der Waals surface area contributed by atoms with Crippen LogP contribution in [0.5, 0.6) is 0 Å². The topological polar surface area (TPSA) is 48.0 Å². The van der Waals surface area contributed by atoms with E-state index in [1.807, 2.05) is 67.6 Å². The van der Waals surface area contributed by atoms with E-state index in [4.69, 9.17) is 14.3 Å². The molecule has 2 aromatic carbocycles. The van der Waals surface area contributed by atoms with E-state index in [0.717, 1.165) is 11.1 Å². The van der Waals surface area contributed by atoms with Crippen molar-refractivity contribution in [2.75, 3.05) is 13.7 Å². The van der Waals surface area contributed by atoms with Gasteiger partial charge < -0.3 is 9.47 Å². The summed E-state index contributed by atoms with van der Waals surface area (Å²) in [7, 11) is 1.42. The van der Waals surface area contributed by atoms with E-state index < -0.39 is 11.8 Å². The lowest BCUT2D eigenvalue weighted by Crippen LogP contribution is -2.52. The Morgan fingerprint density at radius 1 is 1.12 bits per heavy atom. The maximum absolute atomic E-state index is 12.9. The summed E-state index contributed by atoms with van der Waals surface area (Å²) in [6.07, 6.45) is 0.457. The average Bonchev–Trinajstić information content (AvgIpc) is 3.01. The van der Waals surface area contributed by atoms with Gasteiger partial charge in [-0.2, -0.15) is 5.06 Å². The number of hydroxylamine groups is 2. The van der Waals surface area contributed by atoms with Crippen molar-refractivity contribution in [3.63, 3.8) is 0 Å². The Balaban J connectivity index is 1.94. The molecule has 138 valence electrons. The Bertz CT molecular complexity index is 706. The maximum atomic E-state index is 12.9. The van der Waals surface area contributed by atoms with Gasteiger partial charge in [0.25, 0.3) is 0 Å². The summed E-state index contributed by atoms with van der Waals surface area (Å²) in [5, 5.41) is 1.74. The fraction of sp³-hybridized carbons (Fsp3) is 0.381. The van der Waals surface area contributed by atoms with Crippen molar-refractivity contribution in [2.24, 2.45) is 0 Å². The highest BCUT2D eigenvalue weighted by Gasteiger charge is 2.54. The van der Waals surface area contributed by atoms with Crippen LogP contribution in [0.15, 0.2) is 60.7 Å². The third-order valence-electron chi connectivity index (χ3n) is 4.65. The molecule has 0 amide bonds. The third kappa shape index (κ3) is 3.96. The van der Waals surface area contributed by atoms with Gasteiger partial charge in [0.15, 0.2) is 11.8 Å². The molecular weight excluding hydrogens is 330 g/mol. The number of hydrogen-bond donors (Lipinski definition) is 0. The standard InChI is InChI=1S/C21H25NO4/c1-3-25-19-15-21(20(23)24-2,14-17-10-6-4-7-11-17)22(26-19)16-18-12-8-5-9-13-18/h4-13,19H,3,14-16H2,1-2H3/t19-,21+/m0/s1. The molecule has 1 aliphatic heterocycles. The van der Waals surface area contributed by atoms with E-state index in [1.54, 1.807) is 5.06 Å². The first-order valence-electron chi connectivity index (χ1n) is 8.90. The summed E-state index contributed by atoms with van der Waals surface area (Å²) in [5.41, 5.74) is 1.19. The second-order valence-corrected chi connectivity index (χ2v) is 6.40. The van der Waals surface area contributed by atoms with Gasteiger partial charge in [-0.15, -0.1) is 0 Å². The predicted octanol–water partition coefficient (Wildman–Crippen LogP) is 3.34. The van der Waals surface area contributed by atoms with Crippen molar-refractivity contribution in [3.05, 3.63) is 71.8 Å². The first-order valence-corrected chi connectivity index (χ1v) is 8.90. The van der Waals surface area contributed by atoms with E-state index in [9.17, 15) is 4.79 Å². The molecule has 1 fully saturated rings. The fourth-order valence-electron chi connectivity index (χ4n) is 3.41. The van der Waals surface area contributed by atoms with E-state index in [1.165, 1.54) is 7.11 Å². The minimum absolute atomic E-state index is 0.306. The normalized spacial score (nSPS) is 23.1. The number of esters is 1. The van der Waals surface area contributed by atoms with Crippen LogP contribution in [0.1, 0.15) is 24.5 Å². The second kappa shape index (κ2) is 8.45. The van der Waals surface area contributed by atoms with Crippen LogP contribution in [0.3, 0.4) is 0 Å². The summed E-state index contributed by atoms with van der Waals surface area (Å²) in [5.74, 6) is -0.306. The molecule has 1 aliphatic rings. The van der Waals surface area contributed by atoms with Crippen LogP contribution in [0.4, 0.5) is 0 Å². The molecule has 1 saturated heterocycles. The lowest BCUT2D eigenvalue weighted by Gasteiger charge is -2.33. The van der Waals surface area contributed by atoms with Gasteiger partial charge >= 0.3 is 5.97 Å². The van der Waals surface area contributed by atoms with Crippen molar-refractivity contribution < 1.29 is 19.1 Å². The van der Waals surface area contributed by atoms with Gasteiger partial charge in [-0.25, -0.2) is 4.79 Å². The number of nitrogens with zero attached hydrogens (tertiary/aromatic N) is 1. The molecule has 5 heteroatoms. The van der Waals surface area contributed by atoms with Crippen LogP contribution in [-0.4, -0.2) is 36.6 Å². The second-order valence-electron chi connectivity index (χ2n) is 6.40. The Morgan fingerprint density at radius 2 is 1.73 bits per heavy atom. The van der Waals surface area contributed by atoms with Crippen molar-refractivity contribution in [1.29, 1.82) is 0 Å². The zero-order chi connectivity index (χ0) is 18.4. The summed E-state index contributed by atoms with van der Waals surface area (Å²) >= 11 is 0. The largest absolute Gasteiger partial charge is 0.468 e. The minimum atomic E-state index is -0.925. The van der Waals surface area contributed by atoms with E-state index >= 15 is 0 Å². The van der Waals surface area contributed by atoms with Crippen LogP contribution >= 0.6 is 0 Å². The molecule has 0 aromatic heterocycles. The van der Waals surface area contributed by atoms with Gasteiger partial charge in [-0.1, -0.05) is 60.7 Å². The van der Waals surface area contributed by atoms with Crippen molar-refractivity contribution >= 4 is 5.97 Å². The molecule has 5 nitrogen and oxygen atoms in total. The molecule has 2 atom stereocenters. The smallest absolute Gasteiger partial charge is 0.329 e. The summed E-state index contributed by atoms with van der Waals surface area (Å²) < 4.78 is 10.9. The van der Waals surface area contributed by atoms with E-state index in [-0.39, 0.29) is 5.97 Å². The SMILES string of the molecule is CCO[C@@H]1C[C@](Cc2ccccc2)(C(=O)OC)N(Cc2ccccc2)O1. The van der Waals surface area contributed by atoms with Crippen LogP contribution in [-0.2, 0) is 32.1 Å². The van der Waals surface area contributed by atoms with Gasteiger partial charge in [0.1, 0.15) is 0 Å². The van der Waals surface area contributed by atoms with E-state index in [0.29, 0.717) is 26.0 Å². The molecule has 3 rings (SSSR count). The van der Waals surface area contributed by atoms with Gasteiger partial charge in [0, 0.05) is 19.4 Å². The summed E-state index contributed by atoms with van der Waals surface area (Å²) in [4.78, 5) is 18.9. The first-order chi connectivity index (χ1) is 12.7. The van der Waals surface area contributed by atoms with Crippen molar-refractivity contribution in [2.45, 2.75) is 38.1 Å². The zero-order valence-corrected chi connectivity index (χ0v) is 15.3. The first kappa shape index (κ1) is 18.6. The quantitative estimate of drug-likeness (QED) is 0.713. The predicted molar refractivity (Wildman–Crippen MR) is 98.0 cm³/mol. The highest BCUT2D eigenvalue weighted by atomic mass is 16.8. The highest BCUT2D eigenvalue weighted by molar-refractivity contribution is 5.81. The van der Waals surface area contributed by atoms with Crippen LogP contribution in [0, 0.1) is 0 Å². The van der Waals surface area contributed by atoms with Gasteiger partial charge in [-0.05, 0) is 18.1 Å². The molecule has 0 bridgehead atoms. The molecule has 0 radical (unpaired) electrons. The number of carbonyl (C=O) groups excluding carboxylic acids is 1. The molecular formula is C21H25NO4. The summed E-state index contributed by atoms with van der Waals surface area (Å²) in [6, 6.07) is 19.9. The van der Waals surface area contributed by atoms with Gasteiger partial charge in [-0.3, -0.25) is 4.84 Å². The zero-order valence-electron chi connectivity index (χ0n) is 15.3. The molecule has 1 heterocycles. The van der Waals surface area contributed by atoms with E-state index in [2.05, 4.69) is 0 Å². The molecule has 2 aromatic rings. The third-order valence-corrected chi connectivity index (χ3v) is 4.65. The van der Waals surface area contributed by atoms with Crippen LogP contribution in [0.2, 0.25) is 0 Å². The number of ether oxygens (including phenoxy) is 2. The van der Waals surface area contributed by atoms with Crippen molar-refractivity contribution in [3.8, 4) is 0 Å². The lowest BCUT2D eigenvalue weighted by molar-refractivity contribution is -0.256. The van der Waals surface area contributed by atoms with Crippen LogP contribution < -0.4 is 0 Å². The average molecular weight is 355 g/mol. The maximum Gasteiger partial charge on any atom is 0.329 e. The molecule has 26 heavy (non-hydrogen) atoms.